The quantitative estimate of drug-likeness (QED) is 0.889. The summed E-state index contributed by atoms with van der Waals surface area (Å²) >= 11 is 11.7. The van der Waals surface area contributed by atoms with E-state index in [1.807, 2.05) is 30.3 Å². The third-order valence-electron chi connectivity index (χ3n) is 2.54. The maximum absolute atomic E-state index is 11.7. The molecule has 2 rings (SSSR count). The van der Waals surface area contributed by atoms with E-state index in [0.717, 1.165) is 5.75 Å². The zero-order chi connectivity index (χ0) is 14.4. The highest BCUT2D eigenvalue weighted by atomic mass is 35.5. The normalized spacial score (nSPS) is 10.1. The molecule has 0 aliphatic heterocycles. The Hall–Kier alpha value is -1.71. The number of para-hydroxylation sites is 1. The van der Waals surface area contributed by atoms with Crippen molar-refractivity contribution in [1.82, 2.24) is 0 Å². The summed E-state index contributed by atoms with van der Waals surface area (Å²) in [5.41, 5.74) is 0.615. The van der Waals surface area contributed by atoms with E-state index < -0.39 is 0 Å². The van der Waals surface area contributed by atoms with E-state index in [9.17, 15) is 4.79 Å². The van der Waals surface area contributed by atoms with Crippen LogP contribution in [0.3, 0.4) is 0 Å². The predicted molar refractivity (Wildman–Crippen MR) is 81.6 cm³/mol. The number of carbonyl (C=O) groups excluding carboxylic acids is 1. The van der Waals surface area contributed by atoms with Crippen LogP contribution in [0.25, 0.3) is 0 Å². The lowest BCUT2D eigenvalue weighted by atomic mass is 10.3. The van der Waals surface area contributed by atoms with Gasteiger partial charge in [-0.15, -0.1) is 0 Å². The first-order valence-electron chi connectivity index (χ1n) is 6.08. The van der Waals surface area contributed by atoms with Crippen LogP contribution in [0.5, 0.6) is 5.75 Å². The molecule has 0 fully saturated rings. The van der Waals surface area contributed by atoms with Gasteiger partial charge in [0.05, 0.1) is 23.1 Å². The molecule has 0 aromatic heterocycles. The summed E-state index contributed by atoms with van der Waals surface area (Å²) in [5.74, 6) is 0.606. The topological polar surface area (TPSA) is 38.3 Å². The third-order valence-corrected chi connectivity index (χ3v) is 3.28. The van der Waals surface area contributed by atoms with Gasteiger partial charge in [0.1, 0.15) is 5.75 Å². The van der Waals surface area contributed by atoms with E-state index in [1.54, 1.807) is 18.2 Å². The van der Waals surface area contributed by atoms with Gasteiger partial charge in [0.2, 0.25) is 5.91 Å². The van der Waals surface area contributed by atoms with E-state index in [0.29, 0.717) is 22.3 Å². The Morgan fingerprint density at radius 1 is 1.05 bits per heavy atom. The Kier molecular flexibility index (Phi) is 5.27. The number of nitrogens with one attached hydrogen (secondary N) is 1. The number of ether oxygens (including phenoxy) is 1. The van der Waals surface area contributed by atoms with Gasteiger partial charge in [-0.2, -0.15) is 0 Å². The minimum absolute atomic E-state index is 0.140. The smallest absolute Gasteiger partial charge is 0.227 e. The highest BCUT2D eigenvalue weighted by Gasteiger charge is 2.05. The van der Waals surface area contributed by atoms with Crippen LogP contribution in [0.1, 0.15) is 6.42 Å². The number of amides is 1. The van der Waals surface area contributed by atoms with Crippen molar-refractivity contribution in [3.8, 4) is 5.75 Å². The Morgan fingerprint density at radius 3 is 2.50 bits per heavy atom. The number of carbonyl (C=O) groups is 1. The second kappa shape index (κ2) is 7.17. The number of benzene rings is 2. The van der Waals surface area contributed by atoms with Crippen LogP contribution in [-0.2, 0) is 4.79 Å². The SMILES string of the molecule is O=C(CCOc1ccccc1)Nc1ccc(Cl)c(Cl)c1. The van der Waals surface area contributed by atoms with Crippen LogP contribution in [0.15, 0.2) is 48.5 Å². The molecule has 0 saturated carbocycles. The van der Waals surface area contributed by atoms with E-state index in [2.05, 4.69) is 5.32 Å². The van der Waals surface area contributed by atoms with Crippen LogP contribution < -0.4 is 10.1 Å². The van der Waals surface area contributed by atoms with Crippen LogP contribution in [0, 0.1) is 0 Å². The van der Waals surface area contributed by atoms with Gasteiger partial charge in [0, 0.05) is 5.69 Å². The van der Waals surface area contributed by atoms with Gasteiger partial charge in [0.25, 0.3) is 0 Å². The van der Waals surface area contributed by atoms with Crippen LogP contribution in [0.4, 0.5) is 5.69 Å². The summed E-state index contributed by atoms with van der Waals surface area (Å²) in [5, 5.41) is 3.60. The predicted octanol–water partition coefficient (Wildman–Crippen LogP) is 4.40. The molecule has 0 heterocycles. The van der Waals surface area contributed by atoms with Gasteiger partial charge < -0.3 is 10.1 Å². The molecule has 20 heavy (non-hydrogen) atoms. The fraction of sp³-hybridized carbons (Fsp3) is 0.133. The van der Waals surface area contributed by atoms with Gasteiger partial charge in [-0.05, 0) is 30.3 Å². The van der Waals surface area contributed by atoms with Crippen molar-refractivity contribution in [2.24, 2.45) is 0 Å². The van der Waals surface area contributed by atoms with Crippen LogP contribution in [0.2, 0.25) is 10.0 Å². The monoisotopic (exact) mass is 309 g/mol. The fourth-order valence-electron chi connectivity index (χ4n) is 1.58. The van der Waals surface area contributed by atoms with Gasteiger partial charge in [-0.25, -0.2) is 0 Å². The highest BCUT2D eigenvalue weighted by Crippen LogP contribution is 2.25. The molecule has 104 valence electrons. The molecule has 2 aromatic carbocycles. The Bertz CT molecular complexity index is 588. The summed E-state index contributed by atoms with van der Waals surface area (Å²) in [4.78, 5) is 11.7. The van der Waals surface area contributed by atoms with Crippen LogP contribution in [-0.4, -0.2) is 12.5 Å². The van der Waals surface area contributed by atoms with Crippen LogP contribution >= 0.6 is 23.2 Å². The Labute approximate surface area is 127 Å². The van der Waals surface area contributed by atoms with Crippen molar-refractivity contribution < 1.29 is 9.53 Å². The standard InChI is InChI=1S/C15H13Cl2NO2/c16-13-7-6-11(10-14(13)17)18-15(19)8-9-20-12-4-2-1-3-5-12/h1-7,10H,8-9H2,(H,18,19). The first-order valence-corrected chi connectivity index (χ1v) is 6.83. The average molecular weight is 310 g/mol. The molecule has 0 radical (unpaired) electrons. The molecular weight excluding hydrogens is 297 g/mol. The summed E-state index contributed by atoms with van der Waals surface area (Å²) in [6, 6.07) is 14.3. The zero-order valence-electron chi connectivity index (χ0n) is 10.6. The highest BCUT2D eigenvalue weighted by molar-refractivity contribution is 6.42. The second-order valence-electron chi connectivity index (χ2n) is 4.09. The van der Waals surface area contributed by atoms with E-state index in [1.165, 1.54) is 0 Å². The van der Waals surface area contributed by atoms with Crippen molar-refractivity contribution in [2.45, 2.75) is 6.42 Å². The van der Waals surface area contributed by atoms with Crippen molar-refractivity contribution >= 4 is 34.8 Å². The van der Waals surface area contributed by atoms with Gasteiger partial charge in [0.15, 0.2) is 0 Å². The molecule has 1 amide bonds. The molecular formula is C15H13Cl2NO2. The van der Waals surface area contributed by atoms with Crippen molar-refractivity contribution in [3.63, 3.8) is 0 Å². The largest absolute Gasteiger partial charge is 0.493 e. The molecule has 1 N–H and O–H groups in total. The minimum Gasteiger partial charge on any atom is -0.493 e. The maximum atomic E-state index is 11.7. The average Bonchev–Trinajstić information content (AvgIpc) is 2.44. The van der Waals surface area contributed by atoms with Gasteiger partial charge in [-0.1, -0.05) is 41.4 Å². The lowest BCUT2D eigenvalue weighted by Gasteiger charge is -2.08. The molecule has 0 saturated heterocycles. The van der Waals surface area contributed by atoms with Gasteiger partial charge >= 0.3 is 0 Å². The molecule has 3 nitrogen and oxygen atoms in total. The summed E-state index contributed by atoms with van der Waals surface area (Å²) in [6.07, 6.45) is 0.259. The molecule has 5 heteroatoms. The molecule has 0 aliphatic rings. The summed E-state index contributed by atoms with van der Waals surface area (Å²) in [6.45, 7) is 0.317. The lowest BCUT2D eigenvalue weighted by Crippen LogP contribution is -2.15. The number of halogens is 2. The molecule has 0 unspecified atom stereocenters. The Morgan fingerprint density at radius 2 is 1.80 bits per heavy atom. The number of rotatable bonds is 5. The van der Waals surface area contributed by atoms with Crippen molar-refractivity contribution in [1.29, 1.82) is 0 Å². The molecule has 0 atom stereocenters. The van der Waals surface area contributed by atoms with Crippen molar-refractivity contribution in [2.75, 3.05) is 11.9 Å². The van der Waals surface area contributed by atoms with Gasteiger partial charge in [-0.3, -0.25) is 4.79 Å². The minimum atomic E-state index is -0.140. The number of hydrogen-bond donors (Lipinski definition) is 1. The zero-order valence-corrected chi connectivity index (χ0v) is 12.1. The van der Waals surface area contributed by atoms with Crippen molar-refractivity contribution in [3.05, 3.63) is 58.6 Å². The third kappa shape index (κ3) is 4.44. The first kappa shape index (κ1) is 14.7. The lowest BCUT2D eigenvalue weighted by molar-refractivity contribution is -0.116. The fourth-order valence-corrected chi connectivity index (χ4v) is 1.87. The molecule has 0 aliphatic carbocycles. The number of anilines is 1. The molecule has 0 bridgehead atoms. The van der Waals surface area contributed by atoms with E-state index in [4.69, 9.17) is 27.9 Å². The molecule has 2 aromatic rings. The maximum Gasteiger partial charge on any atom is 0.227 e. The van der Waals surface area contributed by atoms with E-state index >= 15 is 0 Å². The van der Waals surface area contributed by atoms with E-state index in [-0.39, 0.29) is 12.3 Å². The Balaban J connectivity index is 1.79. The molecule has 0 spiro atoms. The summed E-state index contributed by atoms with van der Waals surface area (Å²) in [7, 11) is 0. The first-order chi connectivity index (χ1) is 9.65. The second-order valence-corrected chi connectivity index (χ2v) is 4.90. The number of hydrogen-bond acceptors (Lipinski definition) is 2. The summed E-state index contributed by atoms with van der Waals surface area (Å²) < 4.78 is 5.45.